The Kier molecular flexibility index (Phi) is 7.08. The van der Waals surface area contributed by atoms with E-state index < -0.39 is 6.36 Å². The van der Waals surface area contributed by atoms with Gasteiger partial charge in [-0.25, -0.2) is 0 Å². The number of alkyl halides is 3. The van der Waals surface area contributed by atoms with E-state index in [-0.39, 0.29) is 11.7 Å². The summed E-state index contributed by atoms with van der Waals surface area (Å²) in [6.45, 7) is 7.30. The fraction of sp³-hybridized carbons (Fsp3) is 0.250. The number of nitrogens with one attached hydrogen (secondary N) is 1. The first-order valence-corrected chi connectivity index (χ1v) is 11.4. The summed E-state index contributed by atoms with van der Waals surface area (Å²) in [6.07, 6.45) is -4.75. The van der Waals surface area contributed by atoms with Crippen molar-refractivity contribution >= 4 is 22.5 Å². The highest BCUT2D eigenvalue weighted by atomic mass is 19.4. The van der Waals surface area contributed by atoms with E-state index in [4.69, 9.17) is 4.74 Å². The highest BCUT2D eigenvalue weighted by Crippen LogP contribution is 2.31. The third-order valence-corrected chi connectivity index (χ3v) is 6.39. The van der Waals surface area contributed by atoms with Gasteiger partial charge in [-0.05, 0) is 79.4 Å². The number of ether oxygens (including phenoxy) is 2. The summed E-state index contributed by atoms with van der Waals surface area (Å²) >= 11 is 0. The number of methoxy groups -OCH3 is 1. The van der Waals surface area contributed by atoms with Crippen molar-refractivity contribution in [2.75, 3.05) is 19.0 Å². The highest BCUT2D eigenvalue weighted by Gasteiger charge is 2.31. The molecule has 4 aromatic rings. The van der Waals surface area contributed by atoms with E-state index >= 15 is 0 Å². The van der Waals surface area contributed by atoms with Crippen LogP contribution in [0.4, 0.5) is 18.9 Å². The molecule has 0 aliphatic heterocycles. The Hall–Kier alpha value is -3.78. The van der Waals surface area contributed by atoms with Crippen LogP contribution in [0.3, 0.4) is 0 Å². The van der Waals surface area contributed by atoms with E-state index in [0.717, 1.165) is 39.8 Å². The fourth-order valence-corrected chi connectivity index (χ4v) is 4.43. The van der Waals surface area contributed by atoms with Crippen molar-refractivity contribution in [1.29, 1.82) is 0 Å². The molecule has 1 aromatic heterocycles. The smallest absolute Gasteiger partial charge is 0.406 e. The summed E-state index contributed by atoms with van der Waals surface area (Å²) in [4.78, 5) is 13.2. The maximum Gasteiger partial charge on any atom is 0.573 e. The van der Waals surface area contributed by atoms with Crippen LogP contribution < -0.4 is 10.1 Å². The third kappa shape index (κ3) is 5.23. The van der Waals surface area contributed by atoms with E-state index in [9.17, 15) is 18.0 Å². The van der Waals surface area contributed by atoms with Gasteiger partial charge in [-0.3, -0.25) is 4.79 Å². The quantitative estimate of drug-likeness (QED) is 0.299. The van der Waals surface area contributed by atoms with Crippen LogP contribution in [0.1, 0.15) is 27.2 Å². The Morgan fingerprint density at radius 2 is 1.69 bits per heavy atom. The van der Waals surface area contributed by atoms with Crippen LogP contribution >= 0.6 is 0 Å². The molecule has 1 heterocycles. The van der Waals surface area contributed by atoms with E-state index in [1.807, 2.05) is 31.2 Å². The molecule has 0 unspecified atom stereocenters. The van der Waals surface area contributed by atoms with Gasteiger partial charge in [0.05, 0.1) is 6.61 Å². The van der Waals surface area contributed by atoms with Crippen LogP contribution in [-0.4, -0.2) is 30.6 Å². The minimum absolute atomic E-state index is 0.265. The average molecular weight is 497 g/mol. The monoisotopic (exact) mass is 496 g/mol. The molecule has 0 fully saturated rings. The maximum atomic E-state index is 13.2. The van der Waals surface area contributed by atoms with Crippen molar-refractivity contribution in [3.05, 3.63) is 83.0 Å². The van der Waals surface area contributed by atoms with Crippen LogP contribution in [0.15, 0.2) is 60.7 Å². The second-order valence-electron chi connectivity index (χ2n) is 8.59. The molecule has 0 radical (unpaired) electrons. The molecule has 5 nitrogen and oxygen atoms in total. The van der Waals surface area contributed by atoms with Gasteiger partial charge in [0.25, 0.3) is 5.91 Å². The Labute approximate surface area is 207 Å². The molecule has 0 spiro atoms. The van der Waals surface area contributed by atoms with E-state index in [2.05, 4.69) is 28.5 Å². The number of rotatable bonds is 7. The van der Waals surface area contributed by atoms with Gasteiger partial charge in [-0.1, -0.05) is 24.3 Å². The lowest BCUT2D eigenvalue weighted by molar-refractivity contribution is -0.274. The van der Waals surface area contributed by atoms with E-state index in [1.54, 1.807) is 31.4 Å². The number of amides is 1. The van der Waals surface area contributed by atoms with Crippen molar-refractivity contribution in [3.63, 3.8) is 0 Å². The number of benzene rings is 3. The van der Waals surface area contributed by atoms with Crippen LogP contribution in [0.5, 0.6) is 5.75 Å². The third-order valence-electron chi connectivity index (χ3n) is 6.39. The first-order chi connectivity index (χ1) is 17.1. The predicted molar refractivity (Wildman–Crippen MR) is 135 cm³/mol. The SMILES string of the molecule is COCCn1c(C)c(C)c2cc(NC(=O)c3cccc(-c4ccc(OC(F)(F)F)cc4)c3C)ccc21. The van der Waals surface area contributed by atoms with Gasteiger partial charge in [-0.15, -0.1) is 13.2 Å². The Bertz CT molecular complexity index is 1410. The molecule has 1 amide bonds. The number of anilines is 1. The number of hydrogen-bond acceptors (Lipinski definition) is 3. The summed E-state index contributed by atoms with van der Waals surface area (Å²) < 4.78 is 48.8. The Morgan fingerprint density at radius 1 is 0.972 bits per heavy atom. The summed E-state index contributed by atoms with van der Waals surface area (Å²) in [5.41, 5.74) is 6.69. The molecule has 0 aliphatic rings. The van der Waals surface area contributed by atoms with Gasteiger partial charge in [0, 0.05) is 41.5 Å². The maximum absolute atomic E-state index is 13.2. The molecular formula is C28H27F3N2O3. The number of halogens is 3. The van der Waals surface area contributed by atoms with E-state index in [0.29, 0.717) is 23.4 Å². The first-order valence-electron chi connectivity index (χ1n) is 11.4. The Morgan fingerprint density at radius 3 is 2.36 bits per heavy atom. The average Bonchev–Trinajstić information content (AvgIpc) is 3.06. The number of carbonyl (C=O) groups is 1. The molecule has 3 aromatic carbocycles. The lowest BCUT2D eigenvalue weighted by atomic mass is 9.96. The highest BCUT2D eigenvalue weighted by molar-refractivity contribution is 6.07. The largest absolute Gasteiger partial charge is 0.573 e. The first kappa shape index (κ1) is 25.3. The van der Waals surface area contributed by atoms with Crippen molar-refractivity contribution in [2.45, 2.75) is 33.7 Å². The normalized spacial score (nSPS) is 11.6. The van der Waals surface area contributed by atoms with Crippen LogP contribution in [0, 0.1) is 20.8 Å². The molecule has 188 valence electrons. The second-order valence-corrected chi connectivity index (χ2v) is 8.59. The zero-order chi connectivity index (χ0) is 26.0. The zero-order valence-electron chi connectivity index (χ0n) is 20.5. The zero-order valence-corrected chi connectivity index (χ0v) is 20.5. The molecule has 0 atom stereocenters. The van der Waals surface area contributed by atoms with Gasteiger partial charge in [0.2, 0.25) is 0 Å². The van der Waals surface area contributed by atoms with Gasteiger partial charge >= 0.3 is 6.36 Å². The molecule has 0 bridgehead atoms. The summed E-state index contributed by atoms with van der Waals surface area (Å²) in [5.74, 6) is -0.561. The predicted octanol–water partition coefficient (Wildman–Crippen LogP) is 7.03. The molecule has 0 saturated carbocycles. The molecule has 0 saturated heterocycles. The summed E-state index contributed by atoms with van der Waals surface area (Å²) in [5, 5.41) is 4.05. The lowest BCUT2D eigenvalue weighted by Gasteiger charge is -2.13. The lowest BCUT2D eigenvalue weighted by Crippen LogP contribution is -2.17. The minimum atomic E-state index is -4.75. The van der Waals surface area contributed by atoms with Gasteiger partial charge in [0.1, 0.15) is 5.75 Å². The molecular weight excluding hydrogens is 469 g/mol. The second kappa shape index (κ2) is 10.1. The van der Waals surface area contributed by atoms with Crippen molar-refractivity contribution in [3.8, 4) is 16.9 Å². The number of fused-ring (bicyclic) bond motifs is 1. The van der Waals surface area contributed by atoms with Crippen molar-refractivity contribution in [1.82, 2.24) is 4.57 Å². The van der Waals surface area contributed by atoms with Crippen LogP contribution in [0.2, 0.25) is 0 Å². The number of carbonyl (C=O) groups excluding carboxylic acids is 1. The Balaban J connectivity index is 1.58. The van der Waals surface area contributed by atoms with Crippen molar-refractivity contribution < 1.29 is 27.4 Å². The molecule has 1 N–H and O–H groups in total. The summed E-state index contributed by atoms with van der Waals surface area (Å²) in [6, 6.07) is 16.7. The summed E-state index contributed by atoms with van der Waals surface area (Å²) in [7, 11) is 1.68. The molecule has 0 aliphatic carbocycles. The minimum Gasteiger partial charge on any atom is -0.406 e. The van der Waals surface area contributed by atoms with Gasteiger partial charge in [0.15, 0.2) is 0 Å². The number of nitrogens with zero attached hydrogens (tertiary/aromatic N) is 1. The van der Waals surface area contributed by atoms with Crippen LogP contribution in [0.25, 0.3) is 22.0 Å². The van der Waals surface area contributed by atoms with Gasteiger partial charge in [-0.2, -0.15) is 0 Å². The molecule has 36 heavy (non-hydrogen) atoms. The fourth-order valence-electron chi connectivity index (χ4n) is 4.43. The standard InChI is InChI=1S/C28H27F3N2O3/c1-17-19(3)33(14-15-35-4)26-13-10-21(16-25(17)26)32-27(34)24-7-5-6-23(18(24)2)20-8-11-22(12-9-20)36-28(29,30)31/h5-13,16H,14-15H2,1-4H3,(H,32,34). The van der Waals surface area contributed by atoms with Crippen molar-refractivity contribution in [2.24, 2.45) is 0 Å². The van der Waals surface area contributed by atoms with Gasteiger partial charge < -0.3 is 19.4 Å². The molecule has 4 rings (SSSR count). The topological polar surface area (TPSA) is 52.5 Å². The van der Waals surface area contributed by atoms with Crippen LogP contribution in [-0.2, 0) is 11.3 Å². The molecule has 8 heteroatoms. The van der Waals surface area contributed by atoms with E-state index in [1.165, 1.54) is 12.1 Å². The number of aromatic nitrogens is 1. The number of hydrogen-bond donors (Lipinski definition) is 1. The number of aryl methyl sites for hydroxylation is 1.